The minimum Gasteiger partial charge on any atom is -0.318 e. The lowest BCUT2D eigenvalue weighted by molar-refractivity contribution is 0.0957. The van der Waals surface area contributed by atoms with Crippen molar-refractivity contribution in [2.75, 3.05) is 0 Å². The Labute approximate surface area is 178 Å². The van der Waals surface area contributed by atoms with Gasteiger partial charge >= 0.3 is 0 Å². The molecule has 0 fully saturated rings. The monoisotopic (exact) mass is 445 g/mol. The lowest BCUT2D eigenvalue weighted by Crippen LogP contribution is -2.18. The van der Waals surface area contributed by atoms with Crippen LogP contribution in [0.1, 0.15) is 27.3 Å². The number of aryl methyl sites for hydroxylation is 1. The molecule has 4 nitrogen and oxygen atoms in total. The molecule has 0 atom stereocenters. The highest BCUT2D eigenvalue weighted by Crippen LogP contribution is 2.22. The van der Waals surface area contributed by atoms with Crippen LogP contribution in [0.15, 0.2) is 82.4 Å². The molecule has 0 radical (unpaired) electrons. The van der Waals surface area contributed by atoms with E-state index in [1.165, 1.54) is 0 Å². The van der Waals surface area contributed by atoms with Crippen LogP contribution in [0.3, 0.4) is 0 Å². The summed E-state index contributed by atoms with van der Waals surface area (Å²) in [4.78, 5) is 12.6. The Morgan fingerprint density at radius 1 is 1.00 bits per heavy atom. The smallest absolute Gasteiger partial charge is 0.271 e. The molecule has 1 N–H and O–H groups in total. The summed E-state index contributed by atoms with van der Waals surface area (Å²) in [5, 5.41) is 6.15. The second-order valence-electron chi connectivity index (χ2n) is 6.86. The minimum absolute atomic E-state index is 0.222. The Kier molecular flexibility index (Phi) is 5.32. The maximum atomic E-state index is 12.6. The van der Waals surface area contributed by atoms with E-state index in [2.05, 4.69) is 56.1 Å². The summed E-state index contributed by atoms with van der Waals surface area (Å²) >= 11 is 3.47. The normalized spacial score (nSPS) is 11.3. The zero-order valence-corrected chi connectivity index (χ0v) is 17.8. The number of nitrogens with zero attached hydrogens (tertiary/aromatic N) is 2. The third-order valence-corrected chi connectivity index (χ3v) is 5.49. The number of amides is 1. The van der Waals surface area contributed by atoms with Crippen molar-refractivity contribution < 1.29 is 4.79 Å². The van der Waals surface area contributed by atoms with Crippen molar-refractivity contribution in [3.8, 4) is 5.69 Å². The number of rotatable bonds is 4. The van der Waals surface area contributed by atoms with E-state index in [1.807, 2.05) is 61.5 Å². The molecular weight excluding hydrogens is 426 g/mol. The zero-order valence-electron chi connectivity index (χ0n) is 16.2. The molecule has 1 aromatic heterocycles. The van der Waals surface area contributed by atoms with Crippen LogP contribution < -0.4 is 5.43 Å². The Morgan fingerprint density at radius 3 is 2.52 bits per heavy atom. The standard InChI is InChI=1S/C24H20BrN3O/c1-16-14-19(17(2)28(16)21-12-10-20(25)11-13-21)15-26-27-24(29)23-9-5-7-18-6-3-4-8-22(18)23/h3-15H,1-2H3,(H,27,29)/b26-15-. The lowest BCUT2D eigenvalue weighted by atomic mass is 10.0. The van der Waals surface area contributed by atoms with E-state index in [-0.39, 0.29) is 5.91 Å². The average Bonchev–Trinajstić information content (AvgIpc) is 3.01. The predicted octanol–water partition coefficient (Wildman–Crippen LogP) is 5.77. The molecule has 144 valence electrons. The number of carbonyl (C=O) groups is 1. The summed E-state index contributed by atoms with van der Waals surface area (Å²) < 4.78 is 3.21. The largest absolute Gasteiger partial charge is 0.318 e. The number of hydrogen-bond acceptors (Lipinski definition) is 2. The van der Waals surface area contributed by atoms with Gasteiger partial charge in [-0.15, -0.1) is 0 Å². The average molecular weight is 446 g/mol. The predicted molar refractivity (Wildman–Crippen MR) is 122 cm³/mol. The third-order valence-electron chi connectivity index (χ3n) is 4.96. The number of fused-ring (bicyclic) bond motifs is 1. The quantitative estimate of drug-likeness (QED) is 0.314. The number of halogens is 1. The Hall–Kier alpha value is -3.18. The molecule has 0 aliphatic carbocycles. The SMILES string of the molecule is Cc1cc(/C=N\NC(=O)c2cccc3ccccc23)c(C)n1-c1ccc(Br)cc1. The fraction of sp³-hybridized carbons (Fsp3) is 0.0833. The molecule has 0 saturated carbocycles. The molecule has 4 rings (SSSR count). The molecule has 29 heavy (non-hydrogen) atoms. The van der Waals surface area contributed by atoms with Crippen molar-refractivity contribution in [3.63, 3.8) is 0 Å². The lowest BCUT2D eigenvalue weighted by Gasteiger charge is -2.09. The number of carbonyl (C=O) groups excluding carboxylic acids is 1. The van der Waals surface area contributed by atoms with Crippen molar-refractivity contribution in [1.82, 2.24) is 9.99 Å². The highest BCUT2D eigenvalue weighted by Gasteiger charge is 2.11. The topological polar surface area (TPSA) is 46.4 Å². The maximum Gasteiger partial charge on any atom is 0.271 e. The van der Waals surface area contributed by atoms with E-state index in [9.17, 15) is 4.79 Å². The second kappa shape index (κ2) is 8.05. The van der Waals surface area contributed by atoms with Gasteiger partial charge in [0.05, 0.1) is 6.21 Å². The first-order valence-corrected chi connectivity index (χ1v) is 10.1. The molecule has 1 heterocycles. The number of benzene rings is 3. The van der Waals surface area contributed by atoms with Crippen LogP contribution in [0.4, 0.5) is 0 Å². The molecule has 0 aliphatic rings. The van der Waals surface area contributed by atoms with Crippen LogP contribution in [0.5, 0.6) is 0 Å². The van der Waals surface area contributed by atoms with Crippen molar-refractivity contribution in [2.45, 2.75) is 13.8 Å². The maximum absolute atomic E-state index is 12.6. The fourth-order valence-corrected chi connectivity index (χ4v) is 3.81. The van der Waals surface area contributed by atoms with Gasteiger partial charge < -0.3 is 4.57 Å². The van der Waals surface area contributed by atoms with Gasteiger partial charge in [-0.25, -0.2) is 5.43 Å². The van der Waals surface area contributed by atoms with Gasteiger partial charge in [0.25, 0.3) is 5.91 Å². The summed E-state index contributed by atoms with van der Waals surface area (Å²) in [7, 11) is 0. The van der Waals surface area contributed by atoms with E-state index in [0.717, 1.165) is 37.9 Å². The Morgan fingerprint density at radius 2 is 1.72 bits per heavy atom. The van der Waals surface area contributed by atoms with Gasteiger partial charge in [-0.1, -0.05) is 52.3 Å². The van der Waals surface area contributed by atoms with E-state index in [0.29, 0.717) is 5.56 Å². The van der Waals surface area contributed by atoms with Crippen molar-refractivity contribution in [3.05, 3.63) is 99.8 Å². The van der Waals surface area contributed by atoms with E-state index in [4.69, 9.17) is 0 Å². The first-order valence-electron chi connectivity index (χ1n) is 9.30. The van der Waals surface area contributed by atoms with E-state index in [1.54, 1.807) is 6.21 Å². The van der Waals surface area contributed by atoms with Crippen LogP contribution >= 0.6 is 15.9 Å². The van der Waals surface area contributed by atoms with Gasteiger partial charge in [0, 0.05) is 32.7 Å². The summed E-state index contributed by atoms with van der Waals surface area (Å²) in [5.74, 6) is -0.222. The molecule has 0 saturated heterocycles. The van der Waals surface area contributed by atoms with Gasteiger partial charge in [-0.05, 0) is 61.0 Å². The Bertz CT molecular complexity index is 1220. The van der Waals surface area contributed by atoms with Gasteiger partial charge in [-0.3, -0.25) is 4.79 Å². The minimum atomic E-state index is -0.222. The van der Waals surface area contributed by atoms with Gasteiger partial charge in [0.1, 0.15) is 0 Å². The molecule has 3 aromatic carbocycles. The van der Waals surface area contributed by atoms with Crippen LogP contribution in [0.2, 0.25) is 0 Å². The molecule has 1 amide bonds. The Balaban J connectivity index is 1.56. The number of hydrazone groups is 1. The molecule has 0 aliphatic heterocycles. The third kappa shape index (κ3) is 3.87. The number of nitrogens with one attached hydrogen (secondary N) is 1. The fourth-order valence-electron chi connectivity index (χ4n) is 3.55. The zero-order chi connectivity index (χ0) is 20.4. The second-order valence-corrected chi connectivity index (χ2v) is 7.78. The van der Waals surface area contributed by atoms with Crippen LogP contribution in [0.25, 0.3) is 16.5 Å². The van der Waals surface area contributed by atoms with Crippen molar-refractivity contribution in [1.29, 1.82) is 0 Å². The summed E-state index contributed by atoms with van der Waals surface area (Å²) in [6, 6.07) is 23.7. The molecule has 0 unspecified atom stereocenters. The molecular formula is C24H20BrN3O. The van der Waals surface area contributed by atoms with Crippen LogP contribution in [0, 0.1) is 13.8 Å². The highest BCUT2D eigenvalue weighted by molar-refractivity contribution is 9.10. The molecule has 0 bridgehead atoms. The summed E-state index contributed by atoms with van der Waals surface area (Å²) in [5.41, 5.74) is 7.48. The van der Waals surface area contributed by atoms with Crippen LogP contribution in [-0.4, -0.2) is 16.7 Å². The van der Waals surface area contributed by atoms with Gasteiger partial charge in [-0.2, -0.15) is 5.10 Å². The van der Waals surface area contributed by atoms with E-state index >= 15 is 0 Å². The summed E-state index contributed by atoms with van der Waals surface area (Å²) in [6.45, 7) is 4.10. The highest BCUT2D eigenvalue weighted by atomic mass is 79.9. The van der Waals surface area contributed by atoms with E-state index < -0.39 is 0 Å². The summed E-state index contributed by atoms with van der Waals surface area (Å²) in [6.07, 6.45) is 1.70. The van der Waals surface area contributed by atoms with Crippen LogP contribution in [-0.2, 0) is 0 Å². The molecule has 4 aromatic rings. The van der Waals surface area contributed by atoms with Crippen molar-refractivity contribution in [2.24, 2.45) is 5.10 Å². The first-order chi connectivity index (χ1) is 14.0. The van der Waals surface area contributed by atoms with Gasteiger partial charge in [0.15, 0.2) is 0 Å². The first kappa shape index (κ1) is 19.2. The molecule has 5 heteroatoms. The molecule has 0 spiro atoms. The number of hydrogen-bond donors (Lipinski definition) is 1. The van der Waals surface area contributed by atoms with Gasteiger partial charge in [0.2, 0.25) is 0 Å². The van der Waals surface area contributed by atoms with Crippen molar-refractivity contribution >= 4 is 38.8 Å². The number of aromatic nitrogens is 1.